The number of hydrogen-bond donors (Lipinski definition) is 2. The van der Waals surface area contributed by atoms with Crippen LogP contribution in [0, 0.1) is 5.41 Å². The fourth-order valence-corrected chi connectivity index (χ4v) is 2.19. The lowest BCUT2D eigenvalue weighted by Gasteiger charge is -2.10. The van der Waals surface area contributed by atoms with Crippen LogP contribution in [0.2, 0.25) is 0 Å². The Morgan fingerprint density at radius 1 is 1.31 bits per heavy atom. The second kappa shape index (κ2) is 3.63. The summed E-state index contributed by atoms with van der Waals surface area (Å²) in [6.45, 7) is 4.48. The number of rotatable bonds is 4. The molecule has 0 amide bonds. The summed E-state index contributed by atoms with van der Waals surface area (Å²) < 4.78 is 0. The van der Waals surface area contributed by atoms with E-state index in [1.165, 1.54) is 29.3 Å². The number of aromatic nitrogens is 1. The molecule has 0 bridgehead atoms. The van der Waals surface area contributed by atoms with Crippen molar-refractivity contribution in [3.05, 3.63) is 36.0 Å². The van der Waals surface area contributed by atoms with E-state index in [0.29, 0.717) is 5.41 Å². The Kier molecular flexibility index (Phi) is 2.25. The molecule has 0 unspecified atom stereocenters. The van der Waals surface area contributed by atoms with Gasteiger partial charge in [0, 0.05) is 30.2 Å². The molecule has 0 radical (unpaired) electrons. The van der Waals surface area contributed by atoms with E-state index in [1.54, 1.807) is 0 Å². The monoisotopic (exact) mass is 214 g/mol. The molecule has 2 heteroatoms. The van der Waals surface area contributed by atoms with Crippen LogP contribution >= 0.6 is 0 Å². The van der Waals surface area contributed by atoms with E-state index in [9.17, 15) is 0 Å². The van der Waals surface area contributed by atoms with Crippen LogP contribution in [0.25, 0.3) is 10.9 Å². The van der Waals surface area contributed by atoms with E-state index in [0.717, 1.165) is 13.1 Å². The normalized spacial score (nSPS) is 17.8. The van der Waals surface area contributed by atoms with E-state index >= 15 is 0 Å². The van der Waals surface area contributed by atoms with Crippen molar-refractivity contribution in [3.8, 4) is 0 Å². The second-order valence-electron chi connectivity index (χ2n) is 5.27. The molecule has 0 atom stereocenters. The van der Waals surface area contributed by atoms with Gasteiger partial charge in [0.25, 0.3) is 0 Å². The van der Waals surface area contributed by atoms with Crippen LogP contribution in [0.4, 0.5) is 0 Å². The Morgan fingerprint density at radius 2 is 2.19 bits per heavy atom. The maximum atomic E-state index is 3.57. The van der Waals surface area contributed by atoms with Gasteiger partial charge in [-0.2, -0.15) is 0 Å². The average Bonchev–Trinajstić information content (AvgIpc) is 2.82. The van der Waals surface area contributed by atoms with Crippen LogP contribution in [0.3, 0.4) is 0 Å². The fourth-order valence-electron chi connectivity index (χ4n) is 2.19. The molecule has 2 aromatic rings. The van der Waals surface area contributed by atoms with Crippen LogP contribution in [-0.2, 0) is 6.54 Å². The smallest absolute Gasteiger partial charge is 0.0457 e. The molecule has 0 aliphatic heterocycles. The van der Waals surface area contributed by atoms with Gasteiger partial charge in [0.15, 0.2) is 0 Å². The molecule has 2 nitrogen and oxygen atoms in total. The molecular formula is C14H18N2. The first-order chi connectivity index (χ1) is 7.77. The molecule has 0 spiro atoms. The minimum atomic E-state index is 0.589. The van der Waals surface area contributed by atoms with Gasteiger partial charge >= 0.3 is 0 Å². The van der Waals surface area contributed by atoms with E-state index in [-0.39, 0.29) is 0 Å². The summed E-state index contributed by atoms with van der Waals surface area (Å²) in [7, 11) is 0. The van der Waals surface area contributed by atoms with Gasteiger partial charge in [-0.15, -0.1) is 0 Å². The molecule has 3 rings (SSSR count). The lowest BCUT2D eigenvalue weighted by Crippen LogP contribution is -2.21. The summed E-state index contributed by atoms with van der Waals surface area (Å²) in [6, 6.07) is 8.61. The molecule has 0 saturated heterocycles. The van der Waals surface area contributed by atoms with Crippen molar-refractivity contribution in [2.45, 2.75) is 26.3 Å². The maximum Gasteiger partial charge on any atom is 0.0457 e. The highest BCUT2D eigenvalue weighted by molar-refractivity contribution is 5.82. The summed E-state index contributed by atoms with van der Waals surface area (Å²) in [4.78, 5) is 3.25. The molecule has 16 heavy (non-hydrogen) atoms. The first-order valence-electron chi connectivity index (χ1n) is 6.03. The summed E-state index contributed by atoms with van der Waals surface area (Å²) in [6.07, 6.45) is 4.78. The predicted octanol–water partition coefficient (Wildman–Crippen LogP) is 3.06. The van der Waals surface area contributed by atoms with Crippen molar-refractivity contribution in [3.63, 3.8) is 0 Å². The molecule has 1 aliphatic rings. The van der Waals surface area contributed by atoms with E-state index in [2.05, 4.69) is 41.5 Å². The first-order valence-corrected chi connectivity index (χ1v) is 6.03. The van der Waals surface area contributed by atoms with Gasteiger partial charge in [0.1, 0.15) is 0 Å². The third-order valence-electron chi connectivity index (χ3n) is 3.66. The topological polar surface area (TPSA) is 27.8 Å². The fraction of sp³-hybridized carbons (Fsp3) is 0.429. The number of nitrogens with one attached hydrogen (secondary N) is 2. The zero-order chi connectivity index (χ0) is 11.0. The minimum absolute atomic E-state index is 0.589. The SMILES string of the molecule is CC1(CNCc2cccc3[nH]ccc23)CC1. The van der Waals surface area contributed by atoms with Gasteiger partial charge in [0.05, 0.1) is 0 Å². The molecule has 1 fully saturated rings. The predicted molar refractivity (Wildman–Crippen MR) is 67.3 cm³/mol. The maximum absolute atomic E-state index is 3.57. The quantitative estimate of drug-likeness (QED) is 0.804. The van der Waals surface area contributed by atoms with E-state index in [1.807, 2.05) is 6.20 Å². The summed E-state index contributed by atoms with van der Waals surface area (Å²) in [5.41, 5.74) is 3.21. The summed E-state index contributed by atoms with van der Waals surface area (Å²) in [5.74, 6) is 0. The van der Waals surface area contributed by atoms with Gasteiger partial charge < -0.3 is 10.3 Å². The van der Waals surface area contributed by atoms with Crippen LogP contribution in [0.1, 0.15) is 25.3 Å². The highest BCUT2D eigenvalue weighted by atomic mass is 14.9. The molecule has 1 heterocycles. The van der Waals surface area contributed by atoms with Crippen LogP contribution in [-0.4, -0.2) is 11.5 Å². The van der Waals surface area contributed by atoms with Crippen LogP contribution < -0.4 is 5.32 Å². The zero-order valence-corrected chi connectivity index (χ0v) is 9.72. The number of H-pyrrole nitrogens is 1. The lowest BCUT2D eigenvalue weighted by atomic mass is 10.1. The molecule has 1 aliphatic carbocycles. The standard InChI is InChI=1S/C14H18N2/c1-14(6-7-14)10-15-9-11-3-2-4-13-12(11)5-8-16-13/h2-5,8,15-16H,6-7,9-10H2,1H3. The zero-order valence-electron chi connectivity index (χ0n) is 9.72. The number of benzene rings is 1. The van der Waals surface area contributed by atoms with E-state index < -0.39 is 0 Å². The molecular weight excluding hydrogens is 196 g/mol. The van der Waals surface area contributed by atoms with Crippen molar-refractivity contribution in [2.24, 2.45) is 5.41 Å². The molecule has 1 aromatic heterocycles. The molecule has 84 valence electrons. The highest BCUT2D eigenvalue weighted by Gasteiger charge is 2.36. The number of aromatic amines is 1. The Labute approximate surface area is 96.1 Å². The summed E-state index contributed by atoms with van der Waals surface area (Å²) >= 11 is 0. The van der Waals surface area contributed by atoms with Crippen molar-refractivity contribution in [1.29, 1.82) is 0 Å². The minimum Gasteiger partial charge on any atom is -0.361 e. The van der Waals surface area contributed by atoms with Crippen molar-refractivity contribution >= 4 is 10.9 Å². The second-order valence-corrected chi connectivity index (χ2v) is 5.27. The Morgan fingerprint density at radius 3 is 3.00 bits per heavy atom. The average molecular weight is 214 g/mol. The lowest BCUT2D eigenvalue weighted by molar-refractivity contribution is 0.500. The van der Waals surface area contributed by atoms with Crippen molar-refractivity contribution in [1.82, 2.24) is 10.3 Å². The van der Waals surface area contributed by atoms with Gasteiger partial charge in [-0.1, -0.05) is 19.1 Å². The van der Waals surface area contributed by atoms with Gasteiger partial charge in [0.2, 0.25) is 0 Å². The third kappa shape index (κ3) is 1.85. The van der Waals surface area contributed by atoms with Crippen molar-refractivity contribution in [2.75, 3.05) is 6.54 Å². The number of hydrogen-bond acceptors (Lipinski definition) is 1. The van der Waals surface area contributed by atoms with Gasteiger partial charge in [-0.25, -0.2) is 0 Å². The Balaban J connectivity index is 1.71. The van der Waals surface area contributed by atoms with E-state index in [4.69, 9.17) is 0 Å². The molecule has 1 aromatic carbocycles. The molecule has 1 saturated carbocycles. The van der Waals surface area contributed by atoms with Gasteiger partial charge in [-0.05, 0) is 36.0 Å². The van der Waals surface area contributed by atoms with Crippen molar-refractivity contribution < 1.29 is 0 Å². The third-order valence-corrected chi connectivity index (χ3v) is 3.66. The Bertz CT molecular complexity index is 494. The molecule has 2 N–H and O–H groups in total. The van der Waals surface area contributed by atoms with Crippen LogP contribution in [0.15, 0.2) is 30.5 Å². The highest BCUT2D eigenvalue weighted by Crippen LogP contribution is 2.44. The Hall–Kier alpha value is -1.28. The first kappa shape index (κ1) is 9.91. The summed E-state index contributed by atoms with van der Waals surface area (Å²) in [5, 5.41) is 4.92. The van der Waals surface area contributed by atoms with Crippen LogP contribution in [0.5, 0.6) is 0 Å². The number of fused-ring (bicyclic) bond motifs is 1. The largest absolute Gasteiger partial charge is 0.361 e. The van der Waals surface area contributed by atoms with Gasteiger partial charge in [-0.3, -0.25) is 0 Å².